The first-order valence-corrected chi connectivity index (χ1v) is 8.49. The summed E-state index contributed by atoms with van der Waals surface area (Å²) in [5, 5.41) is 9.11. The van der Waals surface area contributed by atoms with E-state index in [0.717, 1.165) is 54.2 Å². The van der Waals surface area contributed by atoms with Crippen LogP contribution in [0.4, 0.5) is 10.7 Å². The van der Waals surface area contributed by atoms with Crippen molar-refractivity contribution in [3.05, 3.63) is 24.3 Å². The van der Waals surface area contributed by atoms with E-state index in [1.165, 1.54) is 0 Å². The molecule has 0 atom stereocenters. The number of hydrogen-bond acceptors (Lipinski definition) is 4. The number of carboxylic acid groups (broad SMARTS) is 1. The fraction of sp³-hybridized carbons (Fsp3) is 0.471. The number of benzene rings is 1. The second-order valence-corrected chi connectivity index (χ2v) is 6.47. The number of carbonyl (C=O) groups excluding carboxylic acids is 1. The van der Waals surface area contributed by atoms with Crippen molar-refractivity contribution in [3.63, 3.8) is 0 Å². The molecule has 1 fully saturated rings. The molecule has 134 valence electrons. The number of H-pyrrole nitrogens is 1. The van der Waals surface area contributed by atoms with Crippen molar-refractivity contribution < 1.29 is 14.7 Å². The first-order valence-electron chi connectivity index (χ1n) is 8.49. The van der Waals surface area contributed by atoms with Crippen molar-refractivity contribution in [3.8, 4) is 0 Å². The van der Waals surface area contributed by atoms with Gasteiger partial charge in [0, 0.05) is 19.6 Å². The zero-order valence-electron chi connectivity index (χ0n) is 14.0. The van der Waals surface area contributed by atoms with Crippen LogP contribution < -0.4 is 10.6 Å². The van der Waals surface area contributed by atoms with E-state index in [9.17, 15) is 9.59 Å². The van der Waals surface area contributed by atoms with Gasteiger partial charge in [0.05, 0.1) is 11.0 Å². The van der Waals surface area contributed by atoms with Crippen LogP contribution in [0.25, 0.3) is 11.0 Å². The van der Waals surface area contributed by atoms with Crippen LogP contribution in [0.15, 0.2) is 24.3 Å². The maximum atomic E-state index is 11.1. The number of amides is 2. The van der Waals surface area contributed by atoms with E-state index in [4.69, 9.17) is 10.8 Å². The van der Waals surface area contributed by atoms with Gasteiger partial charge in [-0.1, -0.05) is 12.1 Å². The van der Waals surface area contributed by atoms with Gasteiger partial charge < -0.3 is 20.7 Å². The number of carbonyl (C=O) groups is 2. The zero-order chi connectivity index (χ0) is 17.8. The fourth-order valence-corrected chi connectivity index (χ4v) is 3.29. The Bertz CT molecular complexity index is 719. The molecule has 1 aliphatic rings. The maximum Gasteiger partial charge on any atom is 0.407 e. The number of fused-ring (bicyclic) bond motifs is 1. The molecule has 4 N–H and O–H groups in total. The number of nitrogens with two attached hydrogens (primary N) is 1. The molecule has 0 aliphatic carbocycles. The molecule has 1 aromatic carbocycles. The average Bonchev–Trinajstić information content (AvgIpc) is 3.02. The smallest absolute Gasteiger partial charge is 0.407 e. The lowest BCUT2D eigenvalue weighted by atomic mass is 9.93. The number of anilines is 1. The summed E-state index contributed by atoms with van der Waals surface area (Å²) in [7, 11) is 0. The van der Waals surface area contributed by atoms with Crippen LogP contribution >= 0.6 is 0 Å². The number of aromatic nitrogens is 2. The first-order chi connectivity index (χ1) is 12.0. The molecule has 1 saturated heterocycles. The minimum Gasteiger partial charge on any atom is -0.465 e. The average molecular weight is 345 g/mol. The van der Waals surface area contributed by atoms with Crippen LogP contribution in [0.3, 0.4) is 0 Å². The highest BCUT2D eigenvalue weighted by Crippen LogP contribution is 2.25. The molecule has 8 nitrogen and oxygen atoms in total. The highest BCUT2D eigenvalue weighted by atomic mass is 16.4. The lowest BCUT2D eigenvalue weighted by molar-refractivity contribution is -0.118. The number of nitrogens with one attached hydrogen (secondary N) is 1. The van der Waals surface area contributed by atoms with E-state index in [1.54, 1.807) is 0 Å². The Morgan fingerprint density at radius 3 is 2.68 bits per heavy atom. The zero-order valence-corrected chi connectivity index (χ0v) is 14.0. The standard InChI is InChI=1S/C17H23N5O3/c18-15(23)11-22(17(24)25)10-7-12-5-8-21(9-6-12)16-19-13-3-1-2-4-14(13)20-16/h1-4,12H,5-11H2,(H2,18,23)(H,19,20)(H,24,25). The van der Waals surface area contributed by atoms with Crippen molar-refractivity contribution in [1.29, 1.82) is 0 Å². The summed E-state index contributed by atoms with van der Waals surface area (Å²) in [5.74, 6) is 0.706. The number of aromatic amines is 1. The minimum absolute atomic E-state index is 0.243. The van der Waals surface area contributed by atoms with Crippen molar-refractivity contribution in [2.24, 2.45) is 11.7 Å². The number of piperidine rings is 1. The lowest BCUT2D eigenvalue weighted by Crippen LogP contribution is -2.40. The van der Waals surface area contributed by atoms with Gasteiger partial charge in [-0.3, -0.25) is 9.69 Å². The normalized spacial score (nSPS) is 15.4. The van der Waals surface area contributed by atoms with E-state index < -0.39 is 12.0 Å². The number of rotatable bonds is 6. The maximum absolute atomic E-state index is 11.1. The van der Waals surface area contributed by atoms with Crippen molar-refractivity contribution in [2.75, 3.05) is 31.1 Å². The van der Waals surface area contributed by atoms with Gasteiger partial charge in [0.25, 0.3) is 0 Å². The minimum atomic E-state index is -1.10. The highest BCUT2D eigenvalue weighted by Gasteiger charge is 2.23. The molecule has 3 rings (SSSR count). The Hall–Kier alpha value is -2.77. The molecule has 0 saturated carbocycles. The SMILES string of the molecule is NC(=O)CN(CCC1CCN(c2nc3ccccc3[nH]2)CC1)C(=O)O. The van der Waals surface area contributed by atoms with Crippen LogP contribution in [0.2, 0.25) is 0 Å². The molecule has 8 heteroatoms. The summed E-state index contributed by atoms with van der Waals surface area (Å²) in [6, 6.07) is 7.95. The monoisotopic (exact) mass is 345 g/mol. The third-order valence-electron chi connectivity index (χ3n) is 4.72. The quantitative estimate of drug-likeness (QED) is 0.736. The summed E-state index contributed by atoms with van der Waals surface area (Å²) in [6.45, 7) is 1.86. The topological polar surface area (TPSA) is 116 Å². The first kappa shape index (κ1) is 17.1. The molecule has 2 aromatic rings. The van der Waals surface area contributed by atoms with E-state index >= 15 is 0 Å². The summed E-state index contributed by atoms with van der Waals surface area (Å²) in [4.78, 5) is 33.4. The van der Waals surface area contributed by atoms with Gasteiger partial charge in [-0.15, -0.1) is 0 Å². The molecule has 2 heterocycles. The molecule has 2 amide bonds. The summed E-state index contributed by atoms with van der Waals surface area (Å²) < 4.78 is 0. The predicted molar refractivity (Wildman–Crippen MR) is 94.4 cm³/mol. The Balaban J connectivity index is 1.51. The van der Waals surface area contributed by atoms with E-state index in [0.29, 0.717) is 12.5 Å². The molecule has 1 aromatic heterocycles. The molecule has 0 spiro atoms. The van der Waals surface area contributed by atoms with Gasteiger partial charge in [-0.2, -0.15) is 0 Å². The van der Waals surface area contributed by atoms with Gasteiger partial charge in [0.1, 0.15) is 6.54 Å². The fourth-order valence-electron chi connectivity index (χ4n) is 3.29. The second kappa shape index (κ2) is 7.42. The van der Waals surface area contributed by atoms with Gasteiger partial charge in [0.2, 0.25) is 11.9 Å². The molecule has 1 aliphatic heterocycles. The molecule has 0 bridgehead atoms. The van der Waals surface area contributed by atoms with Crippen molar-refractivity contribution in [2.45, 2.75) is 19.3 Å². The number of para-hydroxylation sites is 2. The largest absolute Gasteiger partial charge is 0.465 e. The van der Waals surface area contributed by atoms with E-state index in [-0.39, 0.29) is 6.54 Å². The summed E-state index contributed by atoms with van der Waals surface area (Å²) in [6.07, 6.45) is 1.59. The van der Waals surface area contributed by atoms with Crippen LogP contribution in [0, 0.1) is 5.92 Å². The van der Waals surface area contributed by atoms with Crippen LogP contribution in [0.1, 0.15) is 19.3 Å². The van der Waals surface area contributed by atoms with E-state index in [1.807, 2.05) is 24.3 Å². The third-order valence-corrected chi connectivity index (χ3v) is 4.72. The second-order valence-electron chi connectivity index (χ2n) is 6.47. The lowest BCUT2D eigenvalue weighted by Gasteiger charge is -2.32. The van der Waals surface area contributed by atoms with Gasteiger partial charge >= 0.3 is 6.09 Å². The predicted octanol–water partition coefficient (Wildman–Crippen LogP) is 1.63. The molecular weight excluding hydrogens is 322 g/mol. The van der Waals surface area contributed by atoms with Gasteiger partial charge in [-0.05, 0) is 37.3 Å². The Morgan fingerprint density at radius 2 is 2.04 bits per heavy atom. The molecular formula is C17H23N5O3. The van der Waals surface area contributed by atoms with Gasteiger partial charge in [0.15, 0.2) is 0 Å². The van der Waals surface area contributed by atoms with Crippen molar-refractivity contribution >= 4 is 29.0 Å². The number of hydrogen-bond donors (Lipinski definition) is 3. The molecule has 25 heavy (non-hydrogen) atoms. The van der Waals surface area contributed by atoms with E-state index in [2.05, 4.69) is 14.9 Å². The number of primary amides is 1. The van der Waals surface area contributed by atoms with Crippen molar-refractivity contribution in [1.82, 2.24) is 14.9 Å². The highest BCUT2D eigenvalue weighted by molar-refractivity contribution is 5.80. The Morgan fingerprint density at radius 1 is 1.32 bits per heavy atom. The molecule has 0 unspecified atom stereocenters. The number of imidazole rings is 1. The van der Waals surface area contributed by atoms with Crippen LogP contribution in [0.5, 0.6) is 0 Å². The number of nitrogens with zero attached hydrogens (tertiary/aromatic N) is 3. The van der Waals surface area contributed by atoms with Crippen LogP contribution in [-0.2, 0) is 4.79 Å². The Kier molecular flexibility index (Phi) is 5.06. The van der Waals surface area contributed by atoms with Gasteiger partial charge in [-0.25, -0.2) is 9.78 Å². The Labute approximate surface area is 145 Å². The van der Waals surface area contributed by atoms with Crippen LogP contribution in [-0.4, -0.2) is 58.2 Å². The third kappa shape index (κ3) is 4.20. The molecule has 0 radical (unpaired) electrons. The summed E-state index contributed by atoms with van der Waals surface area (Å²) >= 11 is 0. The summed E-state index contributed by atoms with van der Waals surface area (Å²) in [5.41, 5.74) is 7.09.